The second kappa shape index (κ2) is 3.23. The van der Waals surface area contributed by atoms with E-state index < -0.39 is 6.04 Å². The lowest BCUT2D eigenvalue weighted by atomic mass is 10.1. The topological polar surface area (TPSA) is 29.4 Å². The van der Waals surface area contributed by atoms with Crippen molar-refractivity contribution in [3.63, 3.8) is 0 Å². The van der Waals surface area contributed by atoms with Gasteiger partial charge in [-0.2, -0.15) is 4.91 Å². The number of halogens is 1. The first-order valence-electron chi connectivity index (χ1n) is 3.32. The lowest BCUT2D eigenvalue weighted by Gasteiger charge is -2.00. The zero-order chi connectivity index (χ0) is 8.27. The minimum atomic E-state index is -0.393. The fourth-order valence-electron chi connectivity index (χ4n) is 0.802. The van der Waals surface area contributed by atoms with Gasteiger partial charge in [-0.05, 0) is 24.6 Å². The number of hydrogen-bond donors (Lipinski definition) is 0. The molecule has 1 rings (SSSR count). The van der Waals surface area contributed by atoms with Gasteiger partial charge in [-0.3, -0.25) is 0 Å². The van der Waals surface area contributed by atoms with Gasteiger partial charge in [-0.15, -0.1) is 0 Å². The Hall–Kier alpha value is -1.25. The molecule has 0 aromatic heterocycles. The minimum absolute atomic E-state index is 0.299. The molecule has 2 nitrogen and oxygen atoms in total. The highest BCUT2D eigenvalue weighted by atomic mass is 19.1. The van der Waals surface area contributed by atoms with Crippen LogP contribution < -0.4 is 0 Å². The molecule has 0 fully saturated rings. The minimum Gasteiger partial charge on any atom is -0.207 e. The Morgan fingerprint density at radius 3 is 2.36 bits per heavy atom. The van der Waals surface area contributed by atoms with Gasteiger partial charge < -0.3 is 0 Å². The Bertz CT molecular complexity index is 245. The third-order valence-electron chi connectivity index (χ3n) is 1.51. The molecule has 0 amide bonds. The van der Waals surface area contributed by atoms with Gasteiger partial charge in [0.25, 0.3) is 0 Å². The summed E-state index contributed by atoms with van der Waals surface area (Å²) in [5.41, 5.74) is 0.737. The fraction of sp³-hybridized carbons (Fsp3) is 0.250. The van der Waals surface area contributed by atoms with Gasteiger partial charge in [0, 0.05) is 0 Å². The summed E-state index contributed by atoms with van der Waals surface area (Å²) >= 11 is 0. The maximum Gasteiger partial charge on any atom is 0.123 e. The Labute approximate surface area is 64.0 Å². The Kier molecular flexibility index (Phi) is 2.31. The molecule has 0 aliphatic rings. The molecule has 0 saturated heterocycles. The third-order valence-corrected chi connectivity index (χ3v) is 1.51. The molecule has 0 radical (unpaired) electrons. The molecule has 0 bridgehead atoms. The van der Waals surface area contributed by atoms with Crippen LogP contribution in [0.25, 0.3) is 0 Å². The number of hydrogen-bond acceptors (Lipinski definition) is 2. The fourth-order valence-corrected chi connectivity index (χ4v) is 0.802. The monoisotopic (exact) mass is 153 g/mol. The summed E-state index contributed by atoms with van der Waals surface area (Å²) in [5.74, 6) is -0.299. The van der Waals surface area contributed by atoms with E-state index >= 15 is 0 Å². The smallest absolute Gasteiger partial charge is 0.123 e. The van der Waals surface area contributed by atoms with E-state index in [2.05, 4.69) is 5.18 Å². The van der Waals surface area contributed by atoms with Crippen molar-refractivity contribution >= 4 is 0 Å². The molecular formula is C8H8FNO. The summed E-state index contributed by atoms with van der Waals surface area (Å²) in [5, 5.41) is 2.82. The molecule has 11 heavy (non-hydrogen) atoms. The van der Waals surface area contributed by atoms with E-state index in [4.69, 9.17) is 0 Å². The molecule has 0 saturated carbocycles. The quantitative estimate of drug-likeness (QED) is 0.600. The molecule has 0 aliphatic heterocycles. The predicted octanol–water partition coefficient (Wildman–Crippen LogP) is 2.65. The zero-order valence-corrected chi connectivity index (χ0v) is 6.12. The van der Waals surface area contributed by atoms with Crippen LogP contribution in [0.2, 0.25) is 0 Å². The van der Waals surface area contributed by atoms with Crippen molar-refractivity contribution in [3.05, 3.63) is 40.6 Å². The van der Waals surface area contributed by atoms with Crippen molar-refractivity contribution < 1.29 is 4.39 Å². The van der Waals surface area contributed by atoms with Gasteiger partial charge in [0.15, 0.2) is 0 Å². The van der Waals surface area contributed by atoms with Crippen molar-refractivity contribution in [2.75, 3.05) is 0 Å². The molecule has 0 heterocycles. The Morgan fingerprint density at radius 2 is 1.91 bits per heavy atom. The van der Waals surface area contributed by atoms with Crippen molar-refractivity contribution in [1.29, 1.82) is 0 Å². The van der Waals surface area contributed by atoms with E-state index in [1.165, 1.54) is 12.1 Å². The largest absolute Gasteiger partial charge is 0.207 e. The first-order chi connectivity index (χ1) is 5.24. The summed E-state index contributed by atoms with van der Waals surface area (Å²) in [6.07, 6.45) is 0. The highest BCUT2D eigenvalue weighted by Gasteiger charge is 2.02. The molecule has 1 atom stereocenters. The van der Waals surface area contributed by atoms with Crippen LogP contribution in [0.4, 0.5) is 4.39 Å². The van der Waals surface area contributed by atoms with Gasteiger partial charge in [0.1, 0.15) is 11.9 Å². The van der Waals surface area contributed by atoms with Crippen LogP contribution in [0.1, 0.15) is 18.5 Å². The van der Waals surface area contributed by atoms with E-state index in [0.717, 1.165) is 5.56 Å². The van der Waals surface area contributed by atoms with Gasteiger partial charge in [0.05, 0.1) is 0 Å². The number of nitrogens with zero attached hydrogens (tertiary/aromatic N) is 1. The van der Waals surface area contributed by atoms with Crippen molar-refractivity contribution in [2.45, 2.75) is 13.0 Å². The molecule has 0 spiro atoms. The summed E-state index contributed by atoms with van der Waals surface area (Å²) in [6.45, 7) is 1.67. The van der Waals surface area contributed by atoms with E-state index in [0.29, 0.717) is 0 Å². The van der Waals surface area contributed by atoms with Gasteiger partial charge >= 0.3 is 0 Å². The molecular weight excluding hydrogens is 145 g/mol. The number of benzene rings is 1. The van der Waals surface area contributed by atoms with Crippen molar-refractivity contribution in [1.82, 2.24) is 0 Å². The van der Waals surface area contributed by atoms with E-state index in [-0.39, 0.29) is 5.82 Å². The molecule has 3 heteroatoms. The first-order valence-corrected chi connectivity index (χ1v) is 3.32. The zero-order valence-electron chi connectivity index (χ0n) is 6.12. The molecule has 1 aromatic carbocycles. The predicted molar refractivity (Wildman–Crippen MR) is 40.6 cm³/mol. The molecule has 58 valence electrons. The maximum absolute atomic E-state index is 12.3. The second-order valence-corrected chi connectivity index (χ2v) is 2.33. The lowest BCUT2D eigenvalue weighted by Crippen LogP contribution is -1.87. The second-order valence-electron chi connectivity index (χ2n) is 2.33. The highest BCUT2D eigenvalue weighted by molar-refractivity contribution is 5.19. The van der Waals surface area contributed by atoms with Gasteiger partial charge in [-0.1, -0.05) is 17.3 Å². The third kappa shape index (κ3) is 1.83. The molecule has 1 unspecified atom stereocenters. The van der Waals surface area contributed by atoms with Crippen molar-refractivity contribution in [2.24, 2.45) is 5.18 Å². The van der Waals surface area contributed by atoms with E-state index in [1.54, 1.807) is 19.1 Å². The first kappa shape index (κ1) is 7.85. The van der Waals surface area contributed by atoms with Gasteiger partial charge in [-0.25, -0.2) is 4.39 Å². The summed E-state index contributed by atoms with van der Waals surface area (Å²) in [4.78, 5) is 10.0. The average molecular weight is 153 g/mol. The van der Waals surface area contributed by atoms with Crippen LogP contribution in [0.15, 0.2) is 29.4 Å². The van der Waals surface area contributed by atoms with Crippen LogP contribution in [0, 0.1) is 10.7 Å². The number of nitroso groups, excluding NO2 is 1. The van der Waals surface area contributed by atoms with Crippen LogP contribution in [0.3, 0.4) is 0 Å². The SMILES string of the molecule is CC(N=O)c1ccc(F)cc1. The van der Waals surface area contributed by atoms with Crippen LogP contribution in [0.5, 0.6) is 0 Å². The normalized spacial score (nSPS) is 12.5. The summed E-state index contributed by atoms with van der Waals surface area (Å²) in [6, 6.07) is 5.35. The molecule has 0 N–H and O–H groups in total. The van der Waals surface area contributed by atoms with Crippen LogP contribution >= 0.6 is 0 Å². The Morgan fingerprint density at radius 1 is 1.36 bits per heavy atom. The van der Waals surface area contributed by atoms with Crippen LogP contribution in [-0.4, -0.2) is 0 Å². The van der Waals surface area contributed by atoms with E-state index in [1.807, 2.05) is 0 Å². The van der Waals surface area contributed by atoms with E-state index in [9.17, 15) is 9.30 Å². The van der Waals surface area contributed by atoms with Gasteiger partial charge in [0.2, 0.25) is 0 Å². The molecule has 1 aromatic rings. The average Bonchev–Trinajstić information content (AvgIpc) is 2.05. The highest BCUT2D eigenvalue weighted by Crippen LogP contribution is 2.15. The molecule has 0 aliphatic carbocycles. The van der Waals surface area contributed by atoms with Crippen molar-refractivity contribution in [3.8, 4) is 0 Å². The Balaban J connectivity index is 2.89. The van der Waals surface area contributed by atoms with Crippen LogP contribution in [-0.2, 0) is 0 Å². The standard InChI is InChI=1S/C8H8FNO/c1-6(10-11)7-2-4-8(9)5-3-7/h2-6H,1H3. The summed E-state index contributed by atoms with van der Waals surface area (Å²) in [7, 11) is 0. The summed E-state index contributed by atoms with van der Waals surface area (Å²) < 4.78 is 12.3. The number of rotatable bonds is 2. The maximum atomic E-state index is 12.3. The lowest BCUT2D eigenvalue weighted by molar-refractivity contribution is 0.626.